The fourth-order valence-corrected chi connectivity index (χ4v) is 2.82. The molecule has 11 nitrogen and oxygen atoms in total. The van der Waals surface area contributed by atoms with E-state index in [1.807, 2.05) is 0 Å². The van der Waals surface area contributed by atoms with E-state index < -0.39 is 32.7 Å². The van der Waals surface area contributed by atoms with Crippen LogP contribution in [-0.4, -0.2) is 32.1 Å². The number of nitrogens with one attached hydrogen (secondary N) is 1. The SMILES string of the molecule is O=C(NCCn1nc(-c2ccc(Cl)cc2)ccc1=O)c1cc([N+](=O)[O-])cc([N+](=O)[O-])c1. The summed E-state index contributed by atoms with van der Waals surface area (Å²) >= 11 is 5.87. The van der Waals surface area contributed by atoms with Crippen molar-refractivity contribution in [2.45, 2.75) is 6.54 Å². The maximum absolute atomic E-state index is 12.3. The molecule has 3 aromatic rings. The van der Waals surface area contributed by atoms with Gasteiger partial charge in [0.1, 0.15) is 0 Å². The topological polar surface area (TPSA) is 150 Å². The van der Waals surface area contributed by atoms with Crippen LogP contribution in [0.3, 0.4) is 0 Å². The summed E-state index contributed by atoms with van der Waals surface area (Å²) in [4.78, 5) is 44.6. The van der Waals surface area contributed by atoms with E-state index in [1.165, 1.54) is 6.07 Å². The number of carbonyl (C=O) groups excluding carboxylic acids is 1. The molecule has 0 aliphatic rings. The number of amides is 1. The molecule has 0 saturated carbocycles. The molecule has 0 aliphatic heterocycles. The maximum atomic E-state index is 12.3. The molecule has 1 aromatic heterocycles. The molecule has 12 heteroatoms. The van der Waals surface area contributed by atoms with Crippen LogP contribution in [0.5, 0.6) is 0 Å². The number of halogens is 1. The second-order valence-electron chi connectivity index (χ2n) is 6.30. The molecule has 0 aliphatic carbocycles. The number of nitro benzene ring substituents is 2. The summed E-state index contributed by atoms with van der Waals surface area (Å²) in [5.74, 6) is -0.756. The summed E-state index contributed by atoms with van der Waals surface area (Å²) < 4.78 is 1.15. The fourth-order valence-electron chi connectivity index (χ4n) is 2.70. The largest absolute Gasteiger partial charge is 0.350 e. The van der Waals surface area contributed by atoms with Crippen molar-refractivity contribution in [2.24, 2.45) is 0 Å². The van der Waals surface area contributed by atoms with Crippen molar-refractivity contribution >= 4 is 28.9 Å². The molecule has 0 fully saturated rings. The highest BCUT2D eigenvalue weighted by Gasteiger charge is 2.19. The highest BCUT2D eigenvalue weighted by atomic mass is 35.5. The van der Waals surface area contributed by atoms with Crippen molar-refractivity contribution in [3.8, 4) is 11.3 Å². The Morgan fingerprint density at radius 2 is 1.61 bits per heavy atom. The van der Waals surface area contributed by atoms with Crippen molar-refractivity contribution in [3.63, 3.8) is 0 Å². The lowest BCUT2D eigenvalue weighted by Crippen LogP contribution is -2.32. The van der Waals surface area contributed by atoms with Crippen molar-refractivity contribution in [1.29, 1.82) is 0 Å². The average molecular weight is 444 g/mol. The fraction of sp³-hybridized carbons (Fsp3) is 0.105. The average Bonchev–Trinajstić information content (AvgIpc) is 2.75. The molecule has 31 heavy (non-hydrogen) atoms. The van der Waals surface area contributed by atoms with Crippen molar-refractivity contribution < 1.29 is 14.6 Å². The van der Waals surface area contributed by atoms with Gasteiger partial charge in [-0.3, -0.25) is 29.8 Å². The lowest BCUT2D eigenvalue weighted by Gasteiger charge is -2.09. The van der Waals surface area contributed by atoms with E-state index in [-0.39, 0.29) is 18.7 Å². The standard InChI is InChI=1S/C19H14ClN5O6/c20-14-3-1-12(2-4-14)17-5-6-18(26)23(22-17)8-7-21-19(27)13-9-15(24(28)29)11-16(10-13)25(30)31/h1-6,9-11H,7-8H2,(H,21,27). The van der Waals surface area contributed by atoms with Gasteiger partial charge in [-0.25, -0.2) is 4.68 Å². The second-order valence-corrected chi connectivity index (χ2v) is 6.73. The Morgan fingerprint density at radius 3 is 2.19 bits per heavy atom. The summed E-state index contributed by atoms with van der Waals surface area (Å²) in [6.45, 7) is -0.0185. The van der Waals surface area contributed by atoms with Crippen LogP contribution in [0.25, 0.3) is 11.3 Å². The van der Waals surface area contributed by atoms with Crippen LogP contribution in [0.15, 0.2) is 59.4 Å². The van der Waals surface area contributed by atoms with Crippen molar-refractivity contribution in [2.75, 3.05) is 6.54 Å². The lowest BCUT2D eigenvalue weighted by molar-refractivity contribution is -0.394. The molecular weight excluding hydrogens is 430 g/mol. The zero-order valence-electron chi connectivity index (χ0n) is 15.7. The zero-order valence-corrected chi connectivity index (χ0v) is 16.5. The summed E-state index contributed by atoms with van der Waals surface area (Å²) in [6.07, 6.45) is 0. The van der Waals surface area contributed by atoms with E-state index >= 15 is 0 Å². The van der Waals surface area contributed by atoms with E-state index in [0.717, 1.165) is 28.4 Å². The van der Waals surface area contributed by atoms with Gasteiger partial charge in [-0.15, -0.1) is 0 Å². The van der Waals surface area contributed by atoms with Crippen LogP contribution in [0, 0.1) is 20.2 Å². The third kappa shape index (κ3) is 5.28. The second kappa shape index (κ2) is 9.13. The smallest absolute Gasteiger partial charge is 0.277 e. The van der Waals surface area contributed by atoms with Crippen LogP contribution in [0.1, 0.15) is 10.4 Å². The first-order valence-electron chi connectivity index (χ1n) is 8.81. The molecule has 1 heterocycles. The normalized spacial score (nSPS) is 10.5. The number of non-ortho nitro benzene ring substituents is 2. The van der Waals surface area contributed by atoms with Gasteiger partial charge >= 0.3 is 0 Å². The highest BCUT2D eigenvalue weighted by molar-refractivity contribution is 6.30. The molecular formula is C19H14ClN5O6. The van der Waals surface area contributed by atoms with E-state index in [1.54, 1.807) is 30.3 Å². The molecule has 0 unspecified atom stereocenters. The molecule has 3 rings (SSSR count). The number of rotatable bonds is 7. The van der Waals surface area contributed by atoms with Gasteiger partial charge < -0.3 is 5.32 Å². The Morgan fingerprint density at radius 1 is 1.00 bits per heavy atom. The Labute approximate surface area is 179 Å². The molecule has 0 spiro atoms. The molecule has 1 amide bonds. The lowest BCUT2D eigenvalue weighted by atomic mass is 10.1. The molecule has 0 radical (unpaired) electrons. The van der Waals surface area contributed by atoms with Crippen LogP contribution in [0.4, 0.5) is 11.4 Å². The van der Waals surface area contributed by atoms with Crippen molar-refractivity contribution in [1.82, 2.24) is 15.1 Å². The maximum Gasteiger partial charge on any atom is 0.277 e. The zero-order chi connectivity index (χ0) is 22.5. The van der Waals surface area contributed by atoms with Gasteiger partial charge in [0, 0.05) is 35.3 Å². The van der Waals surface area contributed by atoms with E-state index in [0.29, 0.717) is 10.7 Å². The summed E-state index contributed by atoms with van der Waals surface area (Å²) in [6, 6.07) is 12.4. The number of aromatic nitrogens is 2. The van der Waals surface area contributed by atoms with E-state index in [9.17, 15) is 29.8 Å². The summed E-state index contributed by atoms with van der Waals surface area (Å²) in [5, 5.41) is 29.2. The molecule has 1 N–H and O–H groups in total. The first-order valence-corrected chi connectivity index (χ1v) is 9.18. The molecule has 0 bridgehead atoms. The Balaban J connectivity index is 1.73. The summed E-state index contributed by atoms with van der Waals surface area (Å²) in [5.41, 5.74) is -0.516. The van der Waals surface area contributed by atoms with Gasteiger partial charge in [0.25, 0.3) is 22.8 Å². The molecule has 158 valence electrons. The van der Waals surface area contributed by atoms with Gasteiger partial charge in [-0.1, -0.05) is 23.7 Å². The first kappa shape index (κ1) is 21.6. The van der Waals surface area contributed by atoms with Gasteiger partial charge in [-0.2, -0.15) is 5.10 Å². The minimum absolute atomic E-state index is 0.0169. The quantitative estimate of drug-likeness (QED) is 0.435. The van der Waals surface area contributed by atoms with Crippen molar-refractivity contribution in [3.05, 3.63) is 95.8 Å². The van der Waals surface area contributed by atoms with Crippen LogP contribution < -0.4 is 10.9 Å². The highest BCUT2D eigenvalue weighted by Crippen LogP contribution is 2.22. The third-order valence-corrected chi connectivity index (χ3v) is 4.45. The van der Waals surface area contributed by atoms with E-state index in [4.69, 9.17) is 11.6 Å². The Bertz CT molecular complexity index is 1190. The minimum Gasteiger partial charge on any atom is -0.350 e. The minimum atomic E-state index is -0.824. The number of benzene rings is 2. The monoisotopic (exact) mass is 443 g/mol. The van der Waals surface area contributed by atoms with Gasteiger partial charge in [0.15, 0.2) is 0 Å². The Kier molecular flexibility index (Phi) is 6.36. The number of nitro groups is 2. The van der Waals surface area contributed by atoms with Gasteiger partial charge in [0.2, 0.25) is 0 Å². The van der Waals surface area contributed by atoms with Crippen LogP contribution in [-0.2, 0) is 6.54 Å². The predicted molar refractivity (Wildman–Crippen MR) is 111 cm³/mol. The molecule has 0 atom stereocenters. The number of nitrogens with zero attached hydrogens (tertiary/aromatic N) is 4. The Hall–Kier alpha value is -4.12. The molecule has 0 saturated heterocycles. The molecule has 2 aromatic carbocycles. The predicted octanol–water partition coefficient (Wildman–Crippen LogP) is 2.81. The third-order valence-electron chi connectivity index (χ3n) is 4.20. The number of carbonyl (C=O) groups is 1. The van der Waals surface area contributed by atoms with Gasteiger partial charge in [0.05, 0.1) is 33.7 Å². The summed E-state index contributed by atoms with van der Waals surface area (Å²) in [7, 11) is 0. The number of hydrogen-bond donors (Lipinski definition) is 1. The van der Waals surface area contributed by atoms with Gasteiger partial charge in [-0.05, 0) is 18.2 Å². The van der Waals surface area contributed by atoms with E-state index in [2.05, 4.69) is 10.4 Å². The number of hydrogen-bond acceptors (Lipinski definition) is 7. The van der Waals surface area contributed by atoms with Crippen LogP contribution in [0.2, 0.25) is 5.02 Å². The first-order chi connectivity index (χ1) is 14.7. The van der Waals surface area contributed by atoms with Crippen LogP contribution >= 0.6 is 11.6 Å².